The Hall–Kier alpha value is -1.06. The molecule has 1 N–H and O–H groups in total. The van der Waals surface area contributed by atoms with Crippen LogP contribution >= 0.6 is 0 Å². The lowest BCUT2D eigenvalue weighted by Crippen LogP contribution is -2.39. The summed E-state index contributed by atoms with van der Waals surface area (Å²) in [6.07, 6.45) is 3.74. The minimum atomic E-state index is 0.635. The van der Waals surface area contributed by atoms with Gasteiger partial charge in [-0.15, -0.1) is 0 Å². The molecule has 0 spiro atoms. The van der Waals surface area contributed by atoms with Crippen LogP contribution in [0.5, 0.6) is 5.75 Å². The Morgan fingerprint density at radius 3 is 3.00 bits per heavy atom. The summed E-state index contributed by atoms with van der Waals surface area (Å²) < 4.78 is 5.32. The quantitative estimate of drug-likeness (QED) is 0.894. The summed E-state index contributed by atoms with van der Waals surface area (Å²) in [6, 6.07) is 9.71. The molecule has 0 saturated carbocycles. The first-order valence-corrected chi connectivity index (χ1v) is 7.83. The van der Waals surface area contributed by atoms with Gasteiger partial charge in [-0.1, -0.05) is 25.5 Å². The second-order valence-electron chi connectivity index (χ2n) is 5.86. The molecule has 2 atom stereocenters. The number of nitrogens with one attached hydrogen (secondary N) is 1. The van der Waals surface area contributed by atoms with E-state index < -0.39 is 0 Å². The fourth-order valence-corrected chi connectivity index (χ4v) is 2.97. The summed E-state index contributed by atoms with van der Waals surface area (Å²) in [7, 11) is 1.73. The number of rotatable bonds is 5. The predicted molar refractivity (Wildman–Crippen MR) is 84.2 cm³/mol. The topological polar surface area (TPSA) is 24.5 Å². The molecule has 112 valence electrons. The van der Waals surface area contributed by atoms with Crippen molar-refractivity contribution in [2.45, 2.75) is 51.7 Å². The normalized spacial score (nSPS) is 24.4. The summed E-state index contributed by atoms with van der Waals surface area (Å²) >= 11 is 0. The van der Waals surface area contributed by atoms with E-state index in [-0.39, 0.29) is 0 Å². The summed E-state index contributed by atoms with van der Waals surface area (Å²) in [5.74, 6) is 0.952. The van der Waals surface area contributed by atoms with E-state index >= 15 is 0 Å². The minimum absolute atomic E-state index is 0.635. The Morgan fingerprint density at radius 2 is 2.25 bits per heavy atom. The molecule has 0 aromatic heterocycles. The van der Waals surface area contributed by atoms with Gasteiger partial charge in [0, 0.05) is 25.2 Å². The van der Waals surface area contributed by atoms with E-state index in [1.807, 2.05) is 6.07 Å². The highest BCUT2D eigenvalue weighted by molar-refractivity contribution is 5.28. The van der Waals surface area contributed by atoms with Gasteiger partial charge in [-0.3, -0.25) is 4.90 Å². The third-order valence-electron chi connectivity index (χ3n) is 4.23. The van der Waals surface area contributed by atoms with Crippen molar-refractivity contribution < 1.29 is 4.74 Å². The van der Waals surface area contributed by atoms with Gasteiger partial charge in [-0.2, -0.15) is 0 Å². The van der Waals surface area contributed by atoms with Gasteiger partial charge in [0.05, 0.1) is 7.11 Å². The van der Waals surface area contributed by atoms with Crippen LogP contribution in [0.25, 0.3) is 0 Å². The molecule has 1 fully saturated rings. The van der Waals surface area contributed by atoms with Gasteiger partial charge < -0.3 is 10.1 Å². The lowest BCUT2D eigenvalue weighted by Gasteiger charge is -2.29. The van der Waals surface area contributed by atoms with Crippen molar-refractivity contribution in [1.82, 2.24) is 10.2 Å². The van der Waals surface area contributed by atoms with Crippen LogP contribution in [0.2, 0.25) is 0 Å². The molecule has 1 heterocycles. The molecular weight excluding hydrogens is 248 g/mol. The first kappa shape index (κ1) is 15.3. The molecule has 20 heavy (non-hydrogen) atoms. The number of hydrogen-bond acceptors (Lipinski definition) is 3. The van der Waals surface area contributed by atoms with Crippen molar-refractivity contribution >= 4 is 0 Å². The molecule has 0 radical (unpaired) electrons. The van der Waals surface area contributed by atoms with Crippen LogP contribution in [0, 0.1) is 0 Å². The second-order valence-corrected chi connectivity index (χ2v) is 5.86. The van der Waals surface area contributed by atoms with Crippen molar-refractivity contribution in [3.63, 3.8) is 0 Å². The van der Waals surface area contributed by atoms with E-state index in [2.05, 4.69) is 42.3 Å². The van der Waals surface area contributed by atoms with Crippen LogP contribution in [0.3, 0.4) is 0 Å². The van der Waals surface area contributed by atoms with Crippen molar-refractivity contribution in [1.29, 1.82) is 0 Å². The molecular formula is C17H28N2O. The maximum absolute atomic E-state index is 5.32. The van der Waals surface area contributed by atoms with Crippen molar-refractivity contribution in [2.75, 3.05) is 20.2 Å². The Morgan fingerprint density at radius 1 is 1.40 bits per heavy atom. The molecule has 2 unspecified atom stereocenters. The van der Waals surface area contributed by atoms with E-state index in [9.17, 15) is 0 Å². The fraction of sp³-hybridized carbons (Fsp3) is 0.647. The zero-order valence-corrected chi connectivity index (χ0v) is 13.1. The maximum atomic E-state index is 5.32. The highest BCUT2D eigenvalue weighted by Crippen LogP contribution is 2.18. The van der Waals surface area contributed by atoms with E-state index in [1.165, 1.54) is 24.8 Å². The predicted octanol–water partition coefficient (Wildman–Crippen LogP) is 3.05. The molecule has 2 rings (SSSR count). The molecule has 3 heteroatoms. The Bertz CT molecular complexity index is 408. The molecule has 1 aliphatic rings. The third kappa shape index (κ3) is 4.22. The van der Waals surface area contributed by atoms with Gasteiger partial charge in [0.15, 0.2) is 0 Å². The zero-order valence-electron chi connectivity index (χ0n) is 13.1. The molecule has 1 aliphatic heterocycles. The second kappa shape index (κ2) is 7.65. The van der Waals surface area contributed by atoms with Crippen LogP contribution in [-0.2, 0) is 6.54 Å². The average Bonchev–Trinajstić information content (AvgIpc) is 2.62. The van der Waals surface area contributed by atoms with Crippen molar-refractivity contribution in [2.24, 2.45) is 0 Å². The zero-order chi connectivity index (χ0) is 14.4. The maximum Gasteiger partial charge on any atom is 0.119 e. The first-order valence-electron chi connectivity index (χ1n) is 7.83. The summed E-state index contributed by atoms with van der Waals surface area (Å²) in [5, 5.41) is 3.68. The summed E-state index contributed by atoms with van der Waals surface area (Å²) in [4.78, 5) is 2.61. The summed E-state index contributed by atoms with van der Waals surface area (Å²) in [6.45, 7) is 7.91. The number of hydrogen-bond donors (Lipinski definition) is 1. The lowest BCUT2D eigenvalue weighted by atomic mass is 10.1. The summed E-state index contributed by atoms with van der Waals surface area (Å²) in [5.41, 5.74) is 1.34. The van der Waals surface area contributed by atoms with Gasteiger partial charge in [-0.25, -0.2) is 0 Å². The molecule has 1 aromatic rings. The number of nitrogens with zero attached hydrogens (tertiary/aromatic N) is 1. The highest BCUT2D eigenvalue weighted by atomic mass is 16.5. The van der Waals surface area contributed by atoms with E-state index in [0.29, 0.717) is 12.1 Å². The highest BCUT2D eigenvalue weighted by Gasteiger charge is 2.22. The van der Waals surface area contributed by atoms with Crippen LogP contribution < -0.4 is 10.1 Å². The lowest BCUT2D eigenvalue weighted by molar-refractivity contribution is 0.193. The van der Waals surface area contributed by atoms with Crippen LogP contribution in [-0.4, -0.2) is 37.2 Å². The fourth-order valence-electron chi connectivity index (χ4n) is 2.97. The van der Waals surface area contributed by atoms with Gasteiger partial charge in [0.25, 0.3) is 0 Å². The third-order valence-corrected chi connectivity index (χ3v) is 4.23. The number of methoxy groups -OCH3 is 1. The van der Waals surface area contributed by atoms with Gasteiger partial charge in [-0.05, 0) is 44.0 Å². The van der Waals surface area contributed by atoms with Gasteiger partial charge in [0.2, 0.25) is 0 Å². The Balaban J connectivity index is 2.03. The SMILES string of the molecule is CCCC1CN(Cc2cccc(OC)c2)C(C)CCN1. The monoisotopic (exact) mass is 276 g/mol. The van der Waals surface area contributed by atoms with Crippen molar-refractivity contribution in [3.05, 3.63) is 29.8 Å². The van der Waals surface area contributed by atoms with Crippen LogP contribution in [0.15, 0.2) is 24.3 Å². The molecule has 1 saturated heterocycles. The smallest absolute Gasteiger partial charge is 0.119 e. The Kier molecular flexibility index (Phi) is 5.86. The van der Waals surface area contributed by atoms with Crippen LogP contribution in [0.1, 0.15) is 38.7 Å². The number of ether oxygens (including phenoxy) is 1. The molecule has 0 bridgehead atoms. The minimum Gasteiger partial charge on any atom is -0.497 e. The van der Waals surface area contributed by atoms with Crippen molar-refractivity contribution in [3.8, 4) is 5.75 Å². The van der Waals surface area contributed by atoms with E-state index in [4.69, 9.17) is 4.74 Å². The van der Waals surface area contributed by atoms with E-state index in [0.717, 1.165) is 25.4 Å². The first-order chi connectivity index (χ1) is 9.72. The Labute approximate surface area is 123 Å². The van der Waals surface area contributed by atoms with Crippen LogP contribution in [0.4, 0.5) is 0 Å². The number of benzene rings is 1. The van der Waals surface area contributed by atoms with Gasteiger partial charge >= 0.3 is 0 Å². The largest absolute Gasteiger partial charge is 0.497 e. The van der Waals surface area contributed by atoms with Gasteiger partial charge in [0.1, 0.15) is 5.75 Å². The standard InChI is InChI=1S/C17H28N2O/c1-4-6-16-13-19(14(2)9-10-18-16)12-15-7-5-8-17(11-15)20-3/h5,7-8,11,14,16,18H,4,6,9-10,12-13H2,1-3H3. The molecule has 0 aliphatic carbocycles. The molecule has 0 amide bonds. The molecule has 1 aromatic carbocycles. The molecule has 3 nitrogen and oxygen atoms in total. The van der Waals surface area contributed by atoms with E-state index in [1.54, 1.807) is 7.11 Å². The average molecular weight is 276 g/mol.